The Balaban J connectivity index is 2.50. The minimum atomic E-state index is -0.733. The number of nitrogens with one attached hydrogen (secondary N) is 1. The Morgan fingerprint density at radius 1 is 1.30 bits per heavy atom. The molecule has 1 aromatic carbocycles. The molecule has 1 aromatic rings. The van der Waals surface area contributed by atoms with E-state index in [1.54, 1.807) is 20.8 Å². The van der Waals surface area contributed by atoms with E-state index < -0.39 is 23.5 Å². The molecule has 1 amide bonds. The maximum atomic E-state index is 13.7. The maximum absolute atomic E-state index is 13.7. The molecule has 5 nitrogen and oxygen atoms in total. The number of carbonyl (C=O) groups excluding carboxylic acids is 2. The zero-order chi connectivity index (χ0) is 17.5. The summed E-state index contributed by atoms with van der Waals surface area (Å²) in [6, 6.07) is 4.02. The number of esters is 1. The van der Waals surface area contributed by atoms with Crippen molar-refractivity contribution in [3.8, 4) is 11.8 Å². The first-order chi connectivity index (χ1) is 10.7. The number of ether oxygens (including phenoxy) is 2. The monoisotopic (exact) mass is 321 g/mol. The molecule has 0 aromatic heterocycles. The van der Waals surface area contributed by atoms with E-state index >= 15 is 0 Å². The van der Waals surface area contributed by atoms with Crippen molar-refractivity contribution < 1.29 is 23.5 Å². The average molecular weight is 321 g/mol. The summed E-state index contributed by atoms with van der Waals surface area (Å²) in [7, 11) is 1.19. The number of hydrogen-bond donors (Lipinski definition) is 1. The molecule has 1 N–H and O–H groups in total. The van der Waals surface area contributed by atoms with Gasteiger partial charge in [-0.25, -0.2) is 14.0 Å². The van der Waals surface area contributed by atoms with Crippen LogP contribution in [0.1, 0.15) is 43.1 Å². The summed E-state index contributed by atoms with van der Waals surface area (Å²) in [5.41, 5.74) is -0.244. The molecule has 23 heavy (non-hydrogen) atoms. The van der Waals surface area contributed by atoms with Crippen LogP contribution in [0.2, 0.25) is 0 Å². The van der Waals surface area contributed by atoms with Crippen molar-refractivity contribution in [2.75, 3.05) is 13.7 Å². The molecular weight excluding hydrogens is 301 g/mol. The van der Waals surface area contributed by atoms with Gasteiger partial charge in [0.15, 0.2) is 0 Å². The van der Waals surface area contributed by atoms with Crippen LogP contribution in [0.25, 0.3) is 0 Å². The van der Waals surface area contributed by atoms with Crippen molar-refractivity contribution in [1.82, 2.24) is 5.32 Å². The third-order valence-corrected chi connectivity index (χ3v) is 2.53. The van der Waals surface area contributed by atoms with Crippen LogP contribution in [0.15, 0.2) is 18.2 Å². The minimum absolute atomic E-state index is 0.135. The third-order valence-electron chi connectivity index (χ3n) is 2.53. The summed E-state index contributed by atoms with van der Waals surface area (Å²) in [5, 5.41) is 2.57. The Morgan fingerprint density at radius 2 is 2.00 bits per heavy atom. The van der Waals surface area contributed by atoms with Crippen molar-refractivity contribution in [1.29, 1.82) is 0 Å². The highest BCUT2D eigenvalue weighted by atomic mass is 19.1. The van der Waals surface area contributed by atoms with Crippen molar-refractivity contribution in [2.45, 2.75) is 32.8 Å². The first-order valence-corrected chi connectivity index (χ1v) is 7.06. The van der Waals surface area contributed by atoms with Gasteiger partial charge >= 0.3 is 12.1 Å². The van der Waals surface area contributed by atoms with Crippen LogP contribution in [0.5, 0.6) is 0 Å². The van der Waals surface area contributed by atoms with Crippen LogP contribution in [0, 0.1) is 17.7 Å². The first kappa shape index (κ1) is 18.5. The fraction of sp³-hybridized carbons (Fsp3) is 0.412. The second kappa shape index (κ2) is 8.18. The van der Waals surface area contributed by atoms with E-state index in [0.717, 1.165) is 0 Å². The number of amides is 1. The summed E-state index contributed by atoms with van der Waals surface area (Å²) in [5.74, 6) is 4.15. The van der Waals surface area contributed by atoms with Crippen LogP contribution >= 0.6 is 0 Å². The van der Waals surface area contributed by atoms with E-state index in [4.69, 9.17) is 4.74 Å². The molecule has 0 spiro atoms. The molecule has 0 unspecified atom stereocenters. The molecule has 124 valence electrons. The first-order valence-electron chi connectivity index (χ1n) is 7.06. The molecule has 1 rings (SSSR count). The van der Waals surface area contributed by atoms with Gasteiger partial charge in [-0.05, 0) is 39.0 Å². The summed E-state index contributed by atoms with van der Waals surface area (Å²) in [6.07, 6.45) is -0.118. The largest absolute Gasteiger partial charge is 0.465 e. The molecule has 0 aliphatic carbocycles. The standard InChI is InChI=1S/C17H20FNO4/c1-17(2,3)23-16(21)19-10-6-5-7-12-8-9-13(14(18)11-12)15(20)22-4/h8-9,11H,6,10H2,1-4H3,(H,19,21). The van der Waals surface area contributed by atoms with Gasteiger partial charge in [0.1, 0.15) is 11.4 Å². The second-order valence-corrected chi connectivity index (χ2v) is 5.67. The Morgan fingerprint density at radius 3 is 2.57 bits per heavy atom. The molecule has 0 heterocycles. The molecule has 0 aliphatic heterocycles. The smallest absolute Gasteiger partial charge is 0.407 e. The van der Waals surface area contributed by atoms with Crippen molar-refractivity contribution in [3.63, 3.8) is 0 Å². The van der Waals surface area contributed by atoms with Crippen molar-refractivity contribution in [2.24, 2.45) is 0 Å². The van der Waals surface area contributed by atoms with Gasteiger partial charge < -0.3 is 14.8 Å². The molecule has 0 saturated carbocycles. The van der Waals surface area contributed by atoms with Gasteiger partial charge in [0.2, 0.25) is 0 Å². The number of benzene rings is 1. The topological polar surface area (TPSA) is 64.6 Å². The summed E-state index contributed by atoms with van der Waals surface area (Å²) < 4.78 is 23.2. The summed E-state index contributed by atoms with van der Waals surface area (Å²) >= 11 is 0. The molecule has 0 atom stereocenters. The molecular formula is C17H20FNO4. The number of methoxy groups -OCH3 is 1. The Kier molecular flexibility index (Phi) is 6.58. The van der Waals surface area contributed by atoms with Crippen LogP contribution in [0.4, 0.5) is 9.18 Å². The van der Waals surface area contributed by atoms with Gasteiger partial charge in [0.25, 0.3) is 0 Å². The predicted molar refractivity (Wildman–Crippen MR) is 83.5 cm³/mol. The quantitative estimate of drug-likeness (QED) is 0.528. The molecule has 0 aliphatic rings. The molecule has 0 fully saturated rings. The van der Waals surface area contributed by atoms with Gasteiger partial charge in [0.05, 0.1) is 12.7 Å². The van der Waals surface area contributed by atoms with E-state index in [9.17, 15) is 14.0 Å². The van der Waals surface area contributed by atoms with Gasteiger partial charge in [-0.15, -0.1) is 0 Å². The lowest BCUT2D eigenvalue weighted by molar-refractivity contribution is 0.0527. The van der Waals surface area contributed by atoms with Gasteiger partial charge in [-0.1, -0.05) is 11.8 Å². The van der Waals surface area contributed by atoms with E-state index in [1.807, 2.05) is 0 Å². The zero-order valence-corrected chi connectivity index (χ0v) is 13.7. The molecule has 0 radical (unpaired) electrons. The van der Waals surface area contributed by atoms with Gasteiger partial charge in [0, 0.05) is 18.5 Å². The highest BCUT2D eigenvalue weighted by Gasteiger charge is 2.15. The number of hydrogen-bond acceptors (Lipinski definition) is 4. The maximum Gasteiger partial charge on any atom is 0.407 e. The highest BCUT2D eigenvalue weighted by Crippen LogP contribution is 2.11. The normalized spacial score (nSPS) is 10.3. The lowest BCUT2D eigenvalue weighted by Crippen LogP contribution is -2.32. The number of rotatable bonds is 3. The lowest BCUT2D eigenvalue weighted by Gasteiger charge is -2.19. The third kappa shape index (κ3) is 6.83. The van der Waals surface area contributed by atoms with E-state index in [-0.39, 0.29) is 5.56 Å². The predicted octanol–water partition coefficient (Wildman–Crippen LogP) is 2.88. The van der Waals surface area contributed by atoms with Crippen LogP contribution in [-0.4, -0.2) is 31.3 Å². The van der Waals surface area contributed by atoms with Crippen LogP contribution in [-0.2, 0) is 9.47 Å². The highest BCUT2D eigenvalue weighted by molar-refractivity contribution is 5.89. The minimum Gasteiger partial charge on any atom is -0.465 e. The number of alkyl carbamates (subject to hydrolysis) is 1. The van der Waals surface area contributed by atoms with E-state index in [1.165, 1.54) is 25.3 Å². The van der Waals surface area contributed by atoms with E-state index in [0.29, 0.717) is 18.5 Å². The van der Waals surface area contributed by atoms with Crippen LogP contribution < -0.4 is 5.32 Å². The summed E-state index contributed by atoms with van der Waals surface area (Å²) in [4.78, 5) is 22.6. The molecule has 6 heteroatoms. The SMILES string of the molecule is COC(=O)c1ccc(C#CCCNC(=O)OC(C)(C)C)cc1F. The number of carbonyl (C=O) groups is 2. The van der Waals surface area contributed by atoms with Crippen LogP contribution in [0.3, 0.4) is 0 Å². The summed E-state index contributed by atoms with van der Waals surface area (Å²) in [6.45, 7) is 5.65. The lowest BCUT2D eigenvalue weighted by atomic mass is 10.1. The zero-order valence-electron chi connectivity index (χ0n) is 13.7. The van der Waals surface area contributed by atoms with E-state index in [2.05, 4.69) is 21.9 Å². The Bertz CT molecular complexity index is 638. The average Bonchev–Trinajstić information content (AvgIpc) is 2.44. The van der Waals surface area contributed by atoms with Gasteiger partial charge in [-0.2, -0.15) is 0 Å². The fourth-order valence-corrected chi connectivity index (χ4v) is 1.57. The second-order valence-electron chi connectivity index (χ2n) is 5.67. The van der Waals surface area contributed by atoms with Crippen molar-refractivity contribution >= 4 is 12.1 Å². The molecule has 0 bridgehead atoms. The Hall–Kier alpha value is -2.55. The molecule has 0 saturated heterocycles. The Labute approximate surface area is 135 Å². The number of halogens is 1. The fourth-order valence-electron chi connectivity index (χ4n) is 1.57. The van der Waals surface area contributed by atoms with Crippen molar-refractivity contribution in [3.05, 3.63) is 35.1 Å². The van der Waals surface area contributed by atoms with Gasteiger partial charge in [-0.3, -0.25) is 0 Å².